The lowest BCUT2D eigenvalue weighted by atomic mass is 9.88. The monoisotopic (exact) mass is 415 g/mol. The smallest absolute Gasteiger partial charge is 0.329 e. The summed E-state index contributed by atoms with van der Waals surface area (Å²) < 4.78 is 1.23. The average Bonchev–Trinajstić information content (AvgIpc) is 3.26. The van der Waals surface area contributed by atoms with E-state index in [4.69, 9.17) is 4.98 Å². The zero-order valence-electron chi connectivity index (χ0n) is 16.9. The number of nitrogens with one attached hydrogen (secondary N) is 3. The van der Waals surface area contributed by atoms with Crippen molar-refractivity contribution in [1.29, 1.82) is 0 Å². The van der Waals surface area contributed by atoms with E-state index >= 15 is 0 Å². The first-order valence-electron chi connectivity index (χ1n) is 10.7. The van der Waals surface area contributed by atoms with Gasteiger partial charge in [0.25, 0.3) is 5.91 Å². The molecule has 1 unspecified atom stereocenters. The van der Waals surface area contributed by atoms with Crippen LogP contribution in [0.5, 0.6) is 0 Å². The molecule has 0 radical (unpaired) electrons. The third-order valence-electron chi connectivity index (χ3n) is 6.86. The molecule has 154 valence electrons. The second-order valence-corrected chi connectivity index (χ2v) is 9.99. The lowest BCUT2D eigenvalue weighted by molar-refractivity contribution is -0.913. The molecule has 8 heteroatoms. The highest BCUT2D eigenvalue weighted by Gasteiger charge is 2.54. The van der Waals surface area contributed by atoms with E-state index in [9.17, 15) is 9.59 Å². The fraction of sp³-hybridized carbons (Fsp3) is 0.571. The quantitative estimate of drug-likeness (QED) is 0.599. The van der Waals surface area contributed by atoms with Gasteiger partial charge in [-0.1, -0.05) is 12.1 Å². The summed E-state index contributed by atoms with van der Waals surface area (Å²) in [6.07, 6.45) is 3.70. The molecular formula is C21H29N5O2S+2. The van der Waals surface area contributed by atoms with Gasteiger partial charge in [-0.25, -0.2) is 14.7 Å². The van der Waals surface area contributed by atoms with Gasteiger partial charge >= 0.3 is 6.03 Å². The minimum Gasteiger partial charge on any atom is -0.337 e. The molecule has 1 aromatic heterocycles. The standard InChI is InChI=1S/C21H27N5O2S/c1-24-11-8-21(9-12-24)19(27)26(20(28)23-21)14-25-10-4-5-15(13-25)18-22-16-6-2-3-7-17(16)29-18/h2-3,6-7,15H,4-5,8-14H2,1H3,(H,23,28)/p+2/t15-/m1/s1. The summed E-state index contributed by atoms with van der Waals surface area (Å²) in [7, 11) is 2.14. The van der Waals surface area contributed by atoms with Gasteiger partial charge in [-0.3, -0.25) is 4.79 Å². The molecule has 0 aliphatic carbocycles. The first-order chi connectivity index (χ1) is 14.0. The molecule has 3 saturated heterocycles. The molecule has 1 aromatic carbocycles. The first-order valence-corrected chi connectivity index (χ1v) is 11.5. The maximum atomic E-state index is 13.2. The summed E-state index contributed by atoms with van der Waals surface area (Å²) in [4.78, 5) is 34.9. The van der Waals surface area contributed by atoms with E-state index in [1.54, 1.807) is 11.3 Å². The minimum atomic E-state index is -0.655. The number of para-hydroxylation sites is 1. The minimum absolute atomic E-state index is 0.00962. The number of urea groups is 1. The Morgan fingerprint density at radius 2 is 2.03 bits per heavy atom. The first kappa shape index (κ1) is 19.0. The Hall–Kier alpha value is -2.03. The highest BCUT2D eigenvalue weighted by molar-refractivity contribution is 7.18. The van der Waals surface area contributed by atoms with Crippen LogP contribution >= 0.6 is 11.3 Å². The van der Waals surface area contributed by atoms with E-state index in [2.05, 4.69) is 30.6 Å². The number of piperidine rings is 2. The largest absolute Gasteiger partial charge is 0.337 e. The van der Waals surface area contributed by atoms with Gasteiger partial charge in [-0.15, -0.1) is 11.3 Å². The molecule has 4 heterocycles. The average molecular weight is 416 g/mol. The van der Waals surface area contributed by atoms with Crippen LogP contribution in [0.1, 0.15) is 36.6 Å². The molecule has 3 aliphatic rings. The molecule has 3 amide bonds. The third-order valence-corrected chi connectivity index (χ3v) is 8.06. The summed E-state index contributed by atoms with van der Waals surface area (Å²) in [5.41, 5.74) is 0.415. The molecule has 5 rings (SSSR count). The summed E-state index contributed by atoms with van der Waals surface area (Å²) in [6, 6.07) is 8.07. The number of carbonyl (C=O) groups is 2. The zero-order chi connectivity index (χ0) is 20.0. The molecular weight excluding hydrogens is 386 g/mol. The number of fused-ring (bicyclic) bond motifs is 1. The summed E-state index contributed by atoms with van der Waals surface area (Å²) >= 11 is 1.78. The predicted molar refractivity (Wildman–Crippen MR) is 111 cm³/mol. The van der Waals surface area contributed by atoms with Crippen LogP contribution in [-0.4, -0.2) is 67.3 Å². The van der Waals surface area contributed by atoms with Gasteiger partial charge in [0.15, 0.2) is 6.67 Å². The number of likely N-dealkylation sites (tertiary alicyclic amines) is 2. The third kappa shape index (κ3) is 3.43. The van der Waals surface area contributed by atoms with Crippen molar-refractivity contribution >= 4 is 33.5 Å². The highest BCUT2D eigenvalue weighted by Crippen LogP contribution is 2.30. The van der Waals surface area contributed by atoms with Crippen LogP contribution in [0.25, 0.3) is 10.2 Å². The number of nitrogens with zero attached hydrogens (tertiary/aromatic N) is 2. The zero-order valence-corrected chi connectivity index (χ0v) is 17.7. The molecule has 0 bridgehead atoms. The van der Waals surface area contributed by atoms with Crippen LogP contribution in [-0.2, 0) is 4.79 Å². The molecule has 2 atom stereocenters. The van der Waals surface area contributed by atoms with Crippen molar-refractivity contribution < 1.29 is 19.4 Å². The van der Waals surface area contributed by atoms with Crippen molar-refractivity contribution in [2.24, 2.45) is 0 Å². The Kier molecular flexibility index (Phi) is 4.80. The topological polar surface area (TPSA) is 71.2 Å². The van der Waals surface area contributed by atoms with E-state index in [1.807, 2.05) is 6.07 Å². The van der Waals surface area contributed by atoms with Crippen LogP contribution in [0.4, 0.5) is 4.79 Å². The molecule has 2 aromatic rings. The van der Waals surface area contributed by atoms with Crippen molar-refractivity contribution in [2.45, 2.75) is 37.1 Å². The fourth-order valence-corrected chi connectivity index (χ4v) is 6.16. The molecule has 3 fully saturated rings. The van der Waals surface area contributed by atoms with E-state index in [0.717, 1.165) is 57.4 Å². The maximum Gasteiger partial charge on any atom is 0.329 e. The second kappa shape index (κ2) is 7.34. The lowest BCUT2D eigenvalue weighted by Crippen LogP contribution is -3.15. The molecule has 29 heavy (non-hydrogen) atoms. The summed E-state index contributed by atoms with van der Waals surface area (Å²) in [6.45, 7) is 4.25. The summed E-state index contributed by atoms with van der Waals surface area (Å²) in [5, 5.41) is 4.23. The van der Waals surface area contributed by atoms with E-state index < -0.39 is 5.54 Å². The fourth-order valence-electron chi connectivity index (χ4n) is 5.06. The SMILES string of the molecule is C[NH+]1CCC2(CC1)NC(=O)N(C[NH+]1CCC[C@@H](c3nc4ccccc4s3)C1)C2=O. The van der Waals surface area contributed by atoms with E-state index in [1.165, 1.54) is 24.4 Å². The van der Waals surface area contributed by atoms with Crippen molar-refractivity contribution in [2.75, 3.05) is 39.9 Å². The molecule has 3 N–H and O–H groups in total. The normalized spacial score (nSPS) is 32.9. The van der Waals surface area contributed by atoms with Gasteiger partial charge in [-0.2, -0.15) is 0 Å². The van der Waals surface area contributed by atoms with E-state index in [0.29, 0.717) is 12.6 Å². The Labute approximate surface area is 174 Å². The molecule has 1 spiro atoms. The van der Waals surface area contributed by atoms with Crippen molar-refractivity contribution in [3.8, 4) is 0 Å². The number of amides is 3. The van der Waals surface area contributed by atoms with Crippen LogP contribution in [0.3, 0.4) is 0 Å². The van der Waals surface area contributed by atoms with Crippen LogP contribution < -0.4 is 15.1 Å². The number of quaternary nitrogens is 2. The second-order valence-electron chi connectivity index (χ2n) is 8.92. The van der Waals surface area contributed by atoms with Crippen molar-refractivity contribution in [1.82, 2.24) is 15.2 Å². The Bertz CT molecular complexity index is 903. The number of hydrogen-bond acceptors (Lipinski definition) is 4. The molecule has 0 saturated carbocycles. The number of benzene rings is 1. The lowest BCUT2D eigenvalue weighted by Gasteiger charge is -2.34. The summed E-state index contributed by atoms with van der Waals surface area (Å²) in [5.74, 6) is 0.391. The van der Waals surface area contributed by atoms with Gasteiger partial charge in [-0.05, 0) is 25.0 Å². The Morgan fingerprint density at radius 3 is 2.83 bits per heavy atom. The van der Waals surface area contributed by atoms with Crippen LogP contribution in [0, 0.1) is 0 Å². The van der Waals surface area contributed by atoms with Gasteiger partial charge in [0, 0.05) is 12.8 Å². The van der Waals surface area contributed by atoms with Gasteiger partial charge < -0.3 is 15.1 Å². The number of hydrogen-bond donors (Lipinski definition) is 3. The Morgan fingerprint density at radius 1 is 1.24 bits per heavy atom. The maximum absolute atomic E-state index is 13.2. The van der Waals surface area contributed by atoms with Crippen LogP contribution in [0.2, 0.25) is 0 Å². The highest BCUT2D eigenvalue weighted by atomic mass is 32.1. The number of rotatable bonds is 3. The Balaban J connectivity index is 1.28. The number of carbonyl (C=O) groups excluding carboxylic acids is 2. The van der Waals surface area contributed by atoms with Crippen molar-refractivity contribution in [3.63, 3.8) is 0 Å². The van der Waals surface area contributed by atoms with Gasteiger partial charge in [0.05, 0.1) is 49.4 Å². The molecule has 3 aliphatic heterocycles. The number of imide groups is 1. The number of thiazole rings is 1. The number of aromatic nitrogens is 1. The molecule has 7 nitrogen and oxygen atoms in total. The predicted octanol–water partition coefficient (Wildman–Crippen LogP) is -0.385. The van der Waals surface area contributed by atoms with Gasteiger partial charge in [0.2, 0.25) is 0 Å². The van der Waals surface area contributed by atoms with Crippen LogP contribution in [0.15, 0.2) is 24.3 Å². The van der Waals surface area contributed by atoms with Gasteiger partial charge in [0.1, 0.15) is 10.5 Å². The van der Waals surface area contributed by atoms with E-state index in [-0.39, 0.29) is 11.9 Å². The van der Waals surface area contributed by atoms with Crippen molar-refractivity contribution in [3.05, 3.63) is 29.3 Å².